The van der Waals surface area contributed by atoms with Gasteiger partial charge in [-0.25, -0.2) is 4.79 Å². The van der Waals surface area contributed by atoms with Crippen molar-refractivity contribution in [2.75, 3.05) is 13.2 Å². The monoisotopic (exact) mass is 318 g/mol. The number of nitrogens with one attached hydrogen (secondary N) is 1. The maximum Gasteiger partial charge on any atom is 0.326 e. The van der Waals surface area contributed by atoms with Crippen molar-refractivity contribution in [1.29, 1.82) is 0 Å². The molecule has 6 heteroatoms. The number of H-pyrrole nitrogens is 1. The third-order valence-corrected chi connectivity index (χ3v) is 3.61. The maximum atomic E-state index is 12.1. The minimum absolute atomic E-state index is 0.0528. The zero-order valence-electron chi connectivity index (χ0n) is 11.8. The Morgan fingerprint density at radius 1 is 1.18 bits per heavy atom. The van der Waals surface area contributed by atoms with E-state index in [1.165, 1.54) is 0 Å². The zero-order chi connectivity index (χ0) is 15.5. The number of aromatic nitrogens is 2. The molecule has 22 heavy (non-hydrogen) atoms. The van der Waals surface area contributed by atoms with Gasteiger partial charge in [-0.3, -0.25) is 4.57 Å². The van der Waals surface area contributed by atoms with Crippen LogP contribution < -0.4 is 10.4 Å². The molecule has 0 saturated heterocycles. The number of nitrogens with zero attached hydrogens (tertiary/aromatic N) is 1. The first-order chi connectivity index (χ1) is 10.7. The van der Waals surface area contributed by atoms with Crippen LogP contribution in [0, 0.1) is 0 Å². The minimum Gasteiger partial charge on any atom is -0.491 e. The van der Waals surface area contributed by atoms with Gasteiger partial charge in [0.1, 0.15) is 12.4 Å². The fourth-order valence-corrected chi connectivity index (χ4v) is 2.44. The lowest BCUT2D eigenvalue weighted by Crippen LogP contribution is -2.17. The molecule has 0 aliphatic rings. The van der Waals surface area contributed by atoms with Gasteiger partial charge in [0.05, 0.1) is 24.2 Å². The number of aliphatic hydroxyl groups is 1. The Bertz CT molecular complexity index is 837. The Balaban J connectivity index is 1.98. The predicted octanol–water partition coefficient (Wildman–Crippen LogP) is 2.40. The number of ether oxygens (including phenoxy) is 1. The van der Waals surface area contributed by atoms with Gasteiger partial charge >= 0.3 is 5.69 Å². The molecule has 2 N–H and O–H groups in total. The fourth-order valence-electron chi connectivity index (χ4n) is 2.32. The minimum atomic E-state index is -0.177. The third kappa shape index (κ3) is 3.00. The molecule has 0 saturated carbocycles. The largest absolute Gasteiger partial charge is 0.491 e. The molecule has 0 fully saturated rings. The van der Waals surface area contributed by atoms with Crippen LogP contribution in [0.2, 0.25) is 5.02 Å². The van der Waals surface area contributed by atoms with Crippen LogP contribution in [0.4, 0.5) is 0 Å². The van der Waals surface area contributed by atoms with Crippen molar-refractivity contribution in [1.82, 2.24) is 9.55 Å². The second-order valence-corrected chi connectivity index (χ2v) is 5.33. The van der Waals surface area contributed by atoms with E-state index in [1.807, 2.05) is 12.1 Å². The van der Waals surface area contributed by atoms with Crippen molar-refractivity contribution in [3.8, 4) is 5.75 Å². The van der Waals surface area contributed by atoms with Gasteiger partial charge in [-0.1, -0.05) is 23.7 Å². The van der Waals surface area contributed by atoms with E-state index in [1.54, 1.807) is 34.9 Å². The topological polar surface area (TPSA) is 67.2 Å². The molecule has 1 heterocycles. The number of hydrogen-bond acceptors (Lipinski definition) is 3. The van der Waals surface area contributed by atoms with Crippen LogP contribution in [0.1, 0.15) is 5.56 Å². The molecule has 3 aromatic rings. The van der Waals surface area contributed by atoms with E-state index < -0.39 is 0 Å². The van der Waals surface area contributed by atoms with Crippen molar-refractivity contribution < 1.29 is 9.84 Å². The molecule has 0 spiro atoms. The van der Waals surface area contributed by atoms with E-state index in [0.717, 1.165) is 16.6 Å². The van der Waals surface area contributed by atoms with Gasteiger partial charge in [0.2, 0.25) is 0 Å². The summed E-state index contributed by atoms with van der Waals surface area (Å²) in [5.74, 6) is 0.616. The van der Waals surface area contributed by atoms with Gasteiger partial charge in [0.15, 0.2) is 0 Å². The summed E-state index contributed by atoms with van der Waals surface area (Å²) < 4.78 is 7.04. The lowest BCUT2D eigenvalue weighted by Gasteiger charge is -2.07. The van der Waals surface area contributed by atoms with E-state index in [2.05, 4.69) is 4.98 Å². The highest BCUT2D eigenvalue weighted by Gasteiger charge is 2.08. The summed E-state index contributed by atoms with van der Waals surface area (Å²) >= 11 is 5.88. The molecule has 0 amide bonds. The summed E-state index contributed by atoms with van der Waals surface area (Å²) in [7, 11) is 0. The standard InChI is InChI=1S/C16H15ClN2O3/c17-12-3-1-11(2-4-12)10-19-15-9-13(22-8-7-20)5-6-14(15)18-16(19)21/h1-6,9,20H,7-8,10H2,(H,18,21). The summed E-state index contributed by atoms with van der Waals surface area (Å²) in [4.78, 5) is 15.0. The van der Waals surface area contributed by atoms with Gasteiger partial charge in [-0.15, -0.1) is 0 Å². The molecule has 0 aliphatic carbocycles. The van der Waals surface area contributed by atoms with Crippen LogP contribution in [-0.4, -0.2) is 27.9 Å². The molecular formula is C16H15ClN2O3. The van der Waals surface area contributed by atoms with Gasteiger partial charge in [0.25, 0.3) is 0 Å². The highest BCUT2D eigenvalue weighted by atomic mass is 35.5. The molecule has 114 valence electrons. The van der Waals surface area contributed by atoms with Crippen LogP contribution in [0.15, 0.2) is 47.3 Å². The molecule has 0 aliphatic heterocycles. The SMILES string of the molecule is O=c1[nH]c2ccc(OCCO)cc2n1Cc1ccc(Cl)cc1. The van der Waals surface area contributed by atoms with E-state index in [9.17, 15) is 4.79 Å². The number of benzene rings is 2. The fraction of sp³-hybridized carbons (Fsp3) is 0.188. The lowest BCUT2D eigenvalue weighted by atomic mass is 10.2. The number of hydrogen-bond donors (Lipinski definition) is 2. The normalized spacial score (nSPS) is 11.0. The lowest BCUT2D eigenvalue weighted by molar-refractivity contribution is 0.201. The summed E-state index contributed by atoms with van der Waals surface area (Å²) in [6.07, 6.45) is 0. The van der Waals surface area contributed by atoms with Crippen molar-refractivity contribution >= 4 is 22.6 Å². The summed E-state index contributed by atoms with van der Waals surface area (Å²) in [6, 6.07) is 12.7. The van der Waals surface area contributed by atoms with Crippen LogP contribution >= 0.6 is 11.6 Å². The van der Waals surface area contributed by atoms with E-state index in [0.29, 0.717) is 17.3 Å². The summed E-state index contributed by atoms with van der Waals surface area (Å²) in [6.45, 7) is 0.611. The number of aliphatic hydroxyl groups excluding tert-OH is 1. The van der Waals surface area contributed by atoms with Gasteiger partial charge in [0, 0.05) is 11.1 Å². The number of halogens is 1. The summed E-state index contributed by atoms with van der Waals surface area (Å²) in [5, 5.41) is 9.48. The van der Waals surface area contributed by atoms with Crippen molar-refractivity contribution in [2.24, 2.45) is 0 Å². The second-order valence-electron chi connectivity index (χ2n) is 4.89. The maximum absolute atomic E-state index is 12.1. The number of fused-ring (bicyclic) bond motifs is 1. The molecule has 1 aromatic heterocycles. The Labute approximate surface area is 131 Å². The number of imidazole rings is 1. The average molecular weight is 319 g/mol. The van der Waals surface area contributed by atoms with Gasteiger partial charge in [-0.05, 0) is 29.8 Å². The molecule has 5 nitrogen and oxygen atoms in total. The van der Waals surface area contributed by atoms with E-state index in [-0.39, 0.29) is 18.9 Å². The van der Waals surface area contributed by atoms with Gasteiger partial charge in [-0.2, -0.15) is 0 Å². The van der Waals surface area contributed by atoms with Crippen molar-refractivity contribution in [3.05, 3.63) is 63.5 Å². The Kier molecular flexibility index (Phi) is 4.18. The highest BCUT2D eigenvalue weighted by Crippen LogP contribution is 2.20. The molecular weight excluding hydrogens is 304 g/mol. The molecule has 3 rings (SSSR count). The third-order valence-electron chi connectivity index (χ3n) is 3.36. The quantitative estimate of drug-likeness (QED) is 0.759. The van der Waals surface area contributed by atoms with Crippen LogP contribution in [0.3, 0.4) is 0 Å². The van der Waals surface area contributed by atoms with Gasteiger partial charge < -0.3 is 14.8 Å². The Morgan fingerprint density at radius 3 is 2.68 bits per heavy atom. The van der Waals surface area contributed by atoms with Crippen LogP contribution in [0.5, 0.6) is 5.75 Å². The first-order valence-corrected chi connectivity index (χ1v) is 7.26. The Hall–Kier alpha value is -2.24. The average Bonchev–Trinajstić information content (AvgIpc) is 2.83. The molecule has 0 radical (unpaired) electrons. The number of aromatic amines is 1. The molecule has 0 unspecified atom stereocenters. The smallest absolute Gasteiger partial charge is 0.326 e. The zero-order valence-corrected chi connectivity index (χ0v) is 12.5. The first kappa shape index (κ1) is 14.7. The first-order valence-electron chi connectivity index (χ1n) is 6.88. The highest BCUT2D eigenvalue weighted by molar-refractivity contribution is 6.30. The number of rotatable bonds is 5. The van der Waals surface area contributed by atoms with E-state index >= 15 is 0 Å². The molecule has 0 bridgehead atoms. The second kappa shape index (κ2) is 6.25. The van der Waals surface area contributed by atoms with E-state index in [4.69, 9.17) is 21.4 Å². The predicted molar refractivity (Wildman–Crippen MR) is 85.7 cm³/mol. The van der Waals surface area contributed by atoms with Crippen LogP contribution in [0.25, 0.3) is 11.0 Å². The Morgan fingerprint density at radius 2 is 1.95 bits per heavy atom. The molecule has 2 aromatic carbocycles. The summed E-state index contributed by atoms with van der Waals surface area (Å²) in [5.41, 5.74) is 2.31. The molecule has 0 atom stereocenters. The van der Waals surface area contributed by atoms with Crippen molar-refractivity contribution in [3.63, 3.8) is 0 Å². The van der Waals surface area contributed by atoms with Crippen molar-refractivity contribution in [2.45, 2.75) is 6.54 Å². The van der Waals surface area contributed by atoms with Crippen LogP contribution in [-0.2, 0) is 6.54 Å².